The molecule has 1 unspecified atom stereocenters. The standard InChI is InChI=1S/C87H121N7O13/c1-48(2)51-26-35-86(38-36-82(14)52(69(51)86)20-24-60-80(12)31-29-62(104-66(96)44-76(5,6)74(98)99)77(7,8)58(80)27-33-84(60,82)16)42-64-91-93-72(106-64)54-22-23-57(103-19)55(90-54)40-79(11,75(100)101)45-67(97)105-63-30-32-81(13)59(78(63,9)10)28-34-85(17)61(81)25-21-53-70-68(49(3)4)56(95)41-87(70,39-37-83(53,85)15)43-65-92-94-73(107-65)71-88-46-50(102-18)47-89-71/h22-23,46-49,52-53,58-63H,20-21,24-45H2,1-19H3,(H,98,99)(H,100,101)/t52-,53-,58+,59+,60-,61-,62+,63+,79?,80+,81+,82-,83-,84-,85-,86-,87+/m1/s1. The normalized spacial score (nSPS) is 36.7. The molecule has 107 heavy (non-hydrogen) atoms. The van der Waals surface area contributed by atoms with Crippen LogP contribution in [0.1, 0.15) is 270 Å². The van der Waals surface area contributed by atoms with Crippen molar-refractivity contribution in [3.05, 3.63) is 64.3 Å². The third kappa shape index (κ3) is 11.9. The van der Waals surface area contributed by atoms with Gasteiger partial charge in [0.25, 0.3) is 11.8 Å². The number of fused-ring (bicyclic) bond motifs is 14. The summed E-state index contributed by atoms with van der Waals surface area (Å²) in [6.07, 6.45) is 21.1. The SMILES string of the molecule is COc1cnc(-c2nnc(C[C@@]34CC[C@]5(C)[C@H](CC[C@@H]6[C@@]7(C)CC[C@H](OC(=O)CC(C)(Cc8nc(-c9nnc(C[C@]%10%11CCC(C(C)C)=C%10[C@H]%10CC[C@@H]%12[C@@]%13(C)CC[C@H](OC(=O)CC(C)(C)C(=O)O)C(C)(C)[C@@H]%13CC[C@@]%12(C)[C@]%10(C)CC%11)o9)ccc8OC)C(=O)O)C(C)(C)[C@@H]7CC[C@]65C)C3=C(C(C)C)C(=O)C4)o2)nc1. The van der Waals surface area contributed by atoms with Gasteiger partial charge in [-0.05, 0) is 234 Å². The molecule has 4 aromatic rings. The number of nitrogens with zero attached hydrogens (tertiary/aromatic N) is 7. The predicted molar refractivity (Wildman–Crippen MR) is 402 cm³/mol. The number of hydrogen-bond donors (Lipinski definition) is 2. The van der Waals surface area contributed by atoms with E-state index in [0.717, 1.165) is 115 Å². The number of methoxy groups -OCH3 is 2. The zero-order valence-electron chi connectivity index (χ0n) is 67.6. The molecule has 0 aromatic carbocycles. The minimum Gasteiger partial charge on any atom is -0.495 e. The monoisotopic (exact) mass is 1470 g/mol. The second kappa shape index (κ2) is 26.4. The Kier molecular flexibility index (Phi) is 19.0. The van der Waals surface area contributed by atoms with Crippen molar-refractivity contribution in [1.29, 1.82) is 0 Å². The van der Waals surface area contributed by atoms with Crippen molar-refractivity contribution >= 4 is 29.7 Å². The second-order valence-electron chi connectivity index (χ2n) is 39.9. The number of ketones is 1. The van der Waals surface area contributed by atoms with Crippen molar-refractivity contribution in [2.75, 3.05) is 14.2 Å². The highest BCUT2D eigenvalue weighted by molar-refractivity contribution is 6.00. The Morgan fingerprint density at radius 1 is 0.561 bits per heavy atom. The lowest BCUT2D eigenvalue weighted by molar-refractivity contribution is -0.233. The van der Waals surface area contributed by atoms with Crippen LogP contribution in [0.15, 0.2) is 55.7 Å². The average Bonchev–Trinajstić information content (AvgIpc) is 1.67. The number of allylic oxidation sites excluding steroid dienone is 4. The van der Waals surface area contributed by atoms with Gasteiger partial charge in [-0.2, -0.15) is 0 Å². The molecular formula is C87H121N7O13. The van der Waals surface area contributed by atoms with E-state index in [1.54, 1.807) is 63.6 Å². The van der Waals surface area contributed by atoms with Gasteiger partial charge < -0.3 is 38.0 Å². The van der Waals surface area contributed by atoms with Crippen LogP contribution < -0.4 is 9.47 Å². The van der Waals surface area contributed by atoms with Crippen molar-refractivity contribution in [3.63, 3.8) is 0 Å². The molecule has 2 N–H and O–H groups in total. The van der Waals surface area contributed by atoms with Crippen molar-refractivity contribution in [2.45, 2.75) is 284 Å². The van der Waals surface area contributed by atoms with Gasteiger partial charge in [0.15, 0.2) is 11.5 Å². The lowest BCUT2D eigenvalue weighted by Gasteiger charge is -2.72. The van der Waals surface area contributed by atoms with E-state index in [1.807, 2.05) is 0 Å². The molecule has 0 bridgehead atoms. The molecule has 0 saturated heterocycles. The van der Waals surface area contributed by atoms with Gasteiger partial charge in [-0.1, -0.05) is 114 Å². The minimum atomic E-state index is -1.62. The molecule has 0 radical (unpaired) electrons. The van der Waals surface area contributed by atoms with Crippen molar-refractivity contribution in [3.8, 4) is 34.8 Å². The van der Waals surface area contributed by atoms with E-state index in [0.29, 0.717) is 95.8 Å². The smallest absolute Gasteiger partial charge is 0.310 e. The van der Waals surface area contributed by atoms with E-state index in [4.69, 9.17) is 37.9 Å². The summed E-state index contributed by atoms with van der Waals surface area (Å²) in [5.41, 5.74) is 2.25. The van der Waals surface area contributed by atoms with Crippen LogP contribution in [0.5, 0.6) is 11.5 Å². The van der Waals surface area contributed by atoms with E-state index in [2.05, 4.69) is 122 Å². The van der Waals surface area contributed by atoms with E-state index < -0.39 is 51.6 Å². The summed E-state index contributed by atoms with van der Waals surface area (Å²) in [5, 5.41) is 39.3. The summed E-state index contributed by atoms with van der Waals surface area (Å²) < 4.78 is 37.1. The van der Waals surface area contributed by atoms with E-state index in [1.165, 1.54) is 12.7 Å². The van der Waals surface area contributed by atoms with Crippen LogP contribution in [0, 0.1) is 112 Å². The third-order valence-corrected chi connectivity index (χ3v) is 32.9. The molecule has 0 aliphatic heterocycles. The molecule has 582 valence electrons. The first-order valence-corrected chi connectivity index (χ1v) is 40.6. The Bertz CT molecular complexity index is 4260. The molecule has 10 aliphatic carbocycles. The Hall–Kier alpha value is -6.86. The van der Waals surface area contributed by atoms with Gasteiger partial charge in [-0.3, -0.25) is 24.0 Å². The fraction of sp³-hybridized carbons (Fsp3) is 0.747. The summed E-state index contributed by atoms with van der Waals surface area (Å²) >= 11 is 0. The number of hydrogen-bond acceptors (Lipinski definition) is 18. The molecular weight excluding hydrogens is 1350 g/mol. The first-order chi connectivity index (χ1) is 50.1. The highest BCUT2D eigenvalue weighted by Gasteiger charge is 2.73. The van der Waals surface area contributed by atoms with Gasteiger partial charge in [0, 0.05) is 47.3 Å². The lowest BCUT2D eigenvalue weighted by Crippen LogP contribution is -2.65. The van der Waals surface area contributed by atoms with Crippen LogP contribution in [0.3, 0.4) is 0 Å². The zero-order chi connectivity index (χ0) is 77.2. The number of ether oxygens (including phenoxy) is 4. The number of carboxylic acids is 2. The van der Waals surface area contributed by atoms with Crippen LogP contribution >= 0.6 is 0 Å². The lowest BCUT2D eigenvalue weighted by atomic mass is 9.33. The summed E-state index contributed by atoms with van der Waals surface area (Å²) in [7, 11) is 3.11. The second-order valence-corrected chi connectivity index (χ2v) is 39.9. The third-order valence-electron chi connectivity index (χ3n) is 32.9. The van der Waals surface area contributed by atoms with Crippen LogP contribution in [0.25, 0.3) is 23.3 Å². The maximum absolute atomic E-state index is 14.7. The Balaban J connectivity index is 0.642. The Morgan fingerprint density at radius 3 is 1.61 bits per heavy atom. The molecule has 0 spiro atoms. The Morgan fingerprint density at radius 2 is 1.08 bits per heavy atom. The maximum atomic E-state index is 14.7. The van der Waals surface area contributed by atoms with Gasteiger partial charge in [0.2, 0.25) is 17.6 Å². The van der Waals surface area contributed by atoms with Crippen LogP contribution in [0.4, 0.5) is 0 Å². The molecule has 8 saturated carbocycles. The summed E-state index contributed by atoms with van der Waals surface area (Å²) in [4.78, 5) is 82.1. The average molecular weight is 1470 g/mol. The number of carboxylic acid groups (broad SMARTS) is 2. The van der Waals surface area contributed by atoms with Gasteiger partial charge in [0.05, 0.1) is 56.0 Å². The van der Waals surface area contributed by atoms with Crippen molar-refractivity contribution < 1.29 is 62.0 Å². The highest BCUT2D eigenvalue weighted by atomic mass is 16.6. The van der Waals surface area contributed by atoms with Crippen molar-refractivity contribution in [2.24, 2.45) is 112 Å². The maximum Gasteiger partial charge on any atom is 0.310 e. The topological polar surface area (TPSA) is 279 Å². The number of aliphatic carboxylic acids is 2. The number of esters is 2. The van der Waals surface area contributed by atoms with Gasteiger partial charge in [-0.15, -0.1) is 20.4 Å². The number of pyridine rings is 1. The van der Waals surface area contributed by atoms with Crippen molar-refractivity contribution in [1.82, 2.24) is 35.3 Å². The number of carbonyl (C=O) groups excluding carboxylic acids is 3. The summed E-state index contributed by atoms with van der Waals surface area (Å²) in [5.74, 6) is 2.47. The number of aromatic nitrogens is 7. The van der Waals surface area contributed by atoms with Gasteiger partial charge in [-0.25, -0.2) is 15.0 Å². The van der Waals surface area contributed by atoms with E-state index in [9.17, 15) is 34.2 Å². The Labute approximate surface area is 633 Å². The molecule has 8 fully saturated rings. The van der Waals surface area contributed by atoms with Crippen LogP contribution in [0.2, 0.25) is 0 Å². The number of carbonyl (C=O) groups is 5. The summed E-state index contributed by atoms with van der Waals surface area (Å²) in [6, 6.07) is 3.54. The fourth-order valence-corrected chi connectivity index (χ4v) is 27.0. The van der Waals surface area contributed by atoms with Crippen LogP contribution in [-0.4, -0.2) is 102 Å². The molecule has 10 aliphatic rings. The van der Waals surface area contributed by atoms with Gasteiger partial charge in [0.1, 0.15) is 23.7 Å². The van der Waals surface area contributed by atoms with E-state index in [-0.39, 0.29) is 104 Å². The quantitative estimate of drug-likeness (QED) is 0.0614. The zero-order valence-corrected chi connectivity index (χ0v) is 67.6. The minimum absolute atomic E-state index is 0.0398. The number of Topliss-reactive ketones (excluding diaryl/α,β-unsaturated/α-hetero) is 1. The predicted octanol–water partition coefficient (Wildman–Crippen LogP) is 17.9. The molecule has 4 heterocycles. The van der Waals surface area contributed by atoms with Gasteiger partial charge >= 0.3 is 23.9 Å². The highest BCUT2D eigenvalue weighted by Crippen LogP contribution is 2.80. The fourth-order valence-electron chi connectivity index (χ4n) is 27.0. The number of rotatable bonds is 20. The van der Waals surface area contributed by atoms with Crippen LogP contribution in [-0.2, 0) is 52.7 Å². The molecule has 0 amide bonds. The molecule has 20 heteroatoms. The van der Waals surface area contributed by atoms with E-state index >= 15 is 0 Å². The summed E-state index contributed by atoms with van der Waals surface area (Å²) in [6.45, 7) is 38.4. The molecule has 20 nitrogen and oxygen atoms in total. The molecule has 4 aromatic heterocycles. The molecule has 17 atom stereocenters. The largest absolute Gasteiger partial charge is 0.495 e. The molecule has 14 rings (SSSR count). The first kappa shape index (κ1) is 76.9. The first-order valence-electron chi connectivity index (χ1n) is 40.6.